The van der Waals surface area contributed by atoms with Gasteiger partial charge in [-0.1, -0.05) is 41.4 Å². The van der Waals surface area contributed by atoms with Gasteiger partial charge in [0.15, 0.2) is 0 Å². The maximum atomic E-state index is 7.36. The molecule has 0 bridgehead atoms. The Labute approximate surface area is 127 Å². The molecule has 0 atom stereocenters. The Morgan fingerprint density at radius 1 is 1.20 bits per heavy atom. The highest BCUT2D eigenvalue weighted by Crippen LogP contribution is 2.25. The minimum atomic E-state index is -0.00921. The first-order chi connectivity index (χ1) is 9.47. The predicted octanol–water partition coefficient (Wildman–Crippen LogP) is 4.16. The van der Waals surface area contributed by atoms with Gasteiger partial charge in [-0.25, -0.2) is 0 Å². The lowest BCUT2D eigenvalue weighted by atomic mass is 10.1. The van der Waals surface area contributed by atoms with Crippen molar-refractivity contribution in [3.8, 4) is 5.75 Å². The number of nitrogens with two attached hydrogens (primary N) is 1. The minimum Gasteiger partial charge on any atom is -0.489 e. The van der Waals surface area contributed by atoms with E-state index in [2.05, 4.69) is 0 Å². The highest BCUT2D eigenvalue weighted by molar-refractivity contribution is 6.31. The van der Waals surface area contributed by atoms with Crippen LogP contribution in [0.2, 0.25) is 10.0 Å². The molecule has 0 aliphatic rings. The SMILES string of the molecule is Cc1ccc(Cl)cc1OCc1ccc(C(=N)N)cc1Cl. The fraction of sp³-hybridized carbons (Fsp3) is 0.133. The number of amidine groups is 1. The van der Waals surface area contributed by atoms with Crippen molar-refractivity contribution in [3.63, 3.8) is 0 Å². The van der Waals surface area contributed by atoms with Gasteiger partial charge in [0, 0.05) is 21.2 Å². The Kier molecular flexibility index (Phi) is 4.53. The molecule has 104 valence electrons. The number of halogens is 2. The van der Waals surface area contributed by atoms with E-state index in [9.17, 15) is 0 Å². The maximum absolute atomic E-state index is 7.36. The molecular formula is C15H14Cl2N2O. The second kappa shape index (κ2) is 6.16. The molecule has 0 heterocycles. The van der Waals surface area contributed by atoms with Crippen molar-refractivity contribution >= 4 is 29.0 Å². The first-order valence-corrected chi connectivity index (χ1v) is 6.74. The van der Waals surface area contributed by atoms with Crippen molar-refractivity contribution in [2.75, 3.05) is 0 Å². The van der Waals surface area contributed by atoms with Crippen molar-refractivity contribution in [1.29, 1.82) is 5.41 Å². The van der Waals surface area contributed by atoms with Crippen LogP contribution in [0.5, 0.6) is 5.75 Å². The quantitative estimate of drug-likeness (QED) is 0.658. The van der Waals surface area contributed by atoms with E-state index in [-0.39, 0.29) is 5.84 Å². The minimum absolute atomic E-state index is 0.00921. The van der Waals surface area contributed by atoms with E-state index in [0.29, 0.717) is 22.2 Å². The fourth-order valence-electron chi connectivity index (χ4n) is 1.72. The smallest absolute Gasteiger partial charge is 0.124 e. The fourth-order valence-corrected chi connectivity index (χ4v) is 2.11. The van der Waals surface area contributed by atoms with Crippen molar-refractivity contribution in [1.82, 2.24) is 0 Å². The summed E-state index contributed by atoms with van der Waals surface area (Å²) in [5, 5.41) is 8.52. The van der Waals surface area contributed by atoms with Gasteiger partial charge in [-0.2, -0.15) is 0 Å². The normalized spacial score (nSPS) is 10.3. The van der Waals surface area contributed by atoms with Gasteiger partial charge in [-0.15, -0.1) is 0 Å². The van der Waals surface area contributed by atoms with Gasteiger partial charge in [0.1, 0.15) is 18.2 Å². The molecule has 0 spiro atoms. The molecule has 0 saturated heterocycles. The lowest BCUT2D eigenvalue weighted by Gasteiger charge is -2.11. The summed E-state index contributed by atoms with van der Waals surface area (Å²) in [4.78, 5) is 0. The van der Waals surface area contributed by atoms with Crippen LogP contribution in [-0.2, 0) is 6.61 Å². The molecule has 3 N–H and O–H groups in total. The van der Waals surface area contributed by atoms with Crippen molar-refractivity contribution in [2.24, 2.45) is 5.73 Å². The molecule has 0 unspecified atom stereocenters. The topological polar surface area (TPSA) is 59.1 Å². The number of nitrogen functional groups attached to an aromatic ring is 1. The van der Waals surface area contributed by atoms with E-state index >= 15 is 0 Å². The highest BCUT2D eigenvalue weighted by Gasteiger charge is 2.06. The number of nitrogens with one attached hydrogen (secondary N) is 1. The van der Waals surface area contributed by atoms with Crippen LogP contribution in [-0.4, -0.2) is 5.84 Å². The van der Waals surface area contributed by atoms with Crippen molar-refractivity contribution < 1.29 is 4.74 Å². The van der Waals surface area contributed by atoms with Crippen LogP contribution in [0.25, 0.3) is 0 Å². The van der Waals surface area contributed by atoms with E-state index in [1.807, 2.05) is 19.1 Å². The van der Waals surface area contributed by atoms with E-state index in [0.717, 1.165) is 16.9 Å². The number of aryl methyl sites for hydroxylation is 1. The van der Waals surface area contributed by atoms with E-state index in [4.69, 9.17) is 39.1 Å². The van der Waals surface area contributed by atoms with Crippen LogP contribution >= 0.6 is 23.2 Å². The second-order valence-corrected chi connectivity index (χ2v) is 5.26. The third-order valence-electron chi connectivity index (χ3n) is 2.90. The molecule has 2 aromatic rings. The molecule has 3 nitrogen and oxygen atoms in total. The van der Waals surface area contributed by atoms with Gasteiger partial charge >= 0.3 is 0 Å². The first kappa shape index (κ1) is 14.7. The molecule has 20 heavy (non-hydrogen) atoms. The summed E-state index contributed by atoms with van der Waals surface area (Å²) in [6.07, 6.45) is 0. The van der Waals surface area contributed by atoms with Crippen LogP contribution in [0.1, 0.15) is 16.7 Å². The van der Waals surface area contributed by atoms with Gasteiger partial charge in [0.2, 0.25) is 0 Å². The molecule has 0 amide bonds. The third-order valence-corrected chi connectivity index (χ3v) is 3.48. The van der Waals surface area contributed by atoms with Crippen molar-refractivity contribution in [3.05, 3.63) is 63.1 Å². The Morgan fingerprint density at radius 2 is 1.95 bits per heavy atom. The average Bonchev–Trinajstić information content (AvgIpc) is 2.40. The monoisotopic (exact) mass is 308 g/mol. The Morgan fingerprint density at radius 3 is 2.60 bits per heavy atom. The van der Waals surface area contributed by atoms with E-state index in [1.54, 1.807) is 24.3 Å². The number of benzene rings is 2. The van der Waals surface area contributed by atoms with Crippen LogP contribution in [0.4, 0.5) is 0 Å². The summed E-state index contributed by atoms with van der Waals surface area (Å²) in [5.41, 5.74) is 7.84. The Hall–Kier alpha value is -1.71. The number of hydrogen-bond donors (Lipinski definition) is 2. The van der Waals surface area contributed by atoms with Crippen LogP contribution in [0.15, 0.2) is 36.4 Å². The standard InChI is InChI=1S/C15H14Cl2N2O/c1-9-2-5-12(16)7-14(9)20-8-11-4-3-10(15(18)19)6-13(11)17/h2-7H,8H2,1H3,(H3,18,19). The van der Waals surface area contributed by atoms with Crippen LogP contribution in [0, 0.1) is 12.3 Å². The summed E-state index contributed by atoms with van der Waals surface area (Å²) < 4.78 is 5.73. The highest BCUT2D eigenvalue weighted by atomic mass is 35.5. The van der Waals surface area contributed by atoms with Crippen LogP contribution in [0.3, 0.4) is 0 Å². The number of rotatable bonds is 4. The molecule has 0 saturated carbocycles. The summed E-state index contributed by atoms with van der Waals surface area (Å²) in [6, 6.07) is 10.7. The zero-order valence-electron chi connectivity index (χ0n) is 10.9. The third kappa shape index (κ3) is 3.44. The zero-order valence-corrected chi connectivity index (χ0v) is 12.4. The molecule has 0 fully saturated rings. The first-order valence-electron chi connectivity index (χ1n) is 5.99. The van der Waals surface area contributed by atoms with Gasteiger partial charge in [0.25, 0.3) is 0 Å². The lowest BCUT2D eigenvalue weighted by Crippen LogP contribution is -2.11. The van der Waals surface area contributed by atoms with Gasteiger partial charge in [0.05, 0.1) is 0 Å². The summed E-state index contributed by atoms with van der Waals surface area (Å²) in [6.45, 7) is 2.28. The van der Waals surface area contributed by atoms with Gasteiger partial charge in [-0.05, 0) is 30.7 Å². The molecule has 2 rings (SSSR count). The predicted molar refractivity (Wildman–Crippen MR) is 83.0 cm³/mol. The van der Waals surface area contributed by atoms with E-state index < -0.39 is 0 Å². The van der Waals surface area contributed by atoms with Gasteiger partial charge in [-0.3, -0.25) is 5.41 Å². The Balaban J connectivity index is 2.15. The Bertz CT molecular complexity index is 656. The molecule has 0 aliphatic carbocycles. The van der Waals surface area contributed by atoms with E-state index in [1.165, 1.54) is 0 Å². The lowest BCUT2D eigenvalue weighted by molar-refractivity contribution is 0.304. The maximum Gasteiger partial charge on any atom is 0.124 e. The molecular weight excluding hydrogens is 295 g/mol. The summed E-state index contributed by atoms with van der Waals surface area (Å²) in [7, 11) is 0. The largest absolute Gasteiger partial charge is 0.489 e. The second-order valence-electron chi connectivity index (χ2n) is 4.42. The summed E-state index contributed by atoms with van der Waals surface area (Å²) in [5.74, 6) is 0.717. The zero-order chi connectivity index (χ0) is 14.7. The molecule has 5 heteroatoms. The number of ether oxygens (including phenoxy) is 1. The molecule has 0 aliphatic heterocycles. The average molecular weight is 309 g/mol. The number of hydrogen-bond acceptors (Lipinski definition) is 2. The molecule has 0 radical (unpaired) electrons. The molecule has 2 aromatic carbocycles. The summed E-state index contributed by atoms with van der Waals surface area (Å²) >= 11 is 12.1. The molecule has 0 aromatic heterocycles. The van der Waals surface area contributed by atoms with Crippen LogP contribution < -0.4 is 10.5 Å². The van der Waals surface area contributed by atoms with Crippen molar-refractivity contribution in [2.45, 2.75) is 13.5 Å². The van der Waals surface area contributed by atoms with Gasteiger partial charge < -0.3 is 10.5 Å².